The number of aromatic nitrogens is 2. The third-order valence-electron chi connectivity index (χ3n) is 4.44. The summed E-state index contributed by atoms with van der Waals surface area (Å²) in [5, 5.41) is 10.1. The SMILES string of the molecule is NS(=O)(=O)c1ccc(-n2nc(OC(=O)c3ccccc3)cc2-c2ccc(Cl)cc2)cc1. The minimum Gasteiger partial charge on any atom is -0.402 e. The molecular weight excluding hydrogens is 438 g/mol. The van der Waals surface area contributed by atoms with Crippen LogP contribution in [0.25, 0.3) is 16.9 Å². The van der Waals surface area contributed by atoms with Gasteiger partial charge in [-0.15, -0.1) is 5.10 Å². The summed E-state index contributed by atoms with van der Waals surface area (Å²) in [6.45, 7) is 0. The number of hydrogen-bond donors (Lipinski definition) is 1. The predicted octanol–water partition coefficient (Wildman–Crippen LogP) is 4.06. The zero-order valence-corrected chi connectivity index (χ0v) is 17.5. The van der Waals surface area contributed by atoms with Crippen molar-refractivity contribution in [2.75, 3.05) is 0 Å². The van der Waals surface area contributed by atoms with E-state index < -0.39 is 16.0 Å². The highest BCUT2D eigenvalue weighted by Gasteiger charge is 2.17. The van der Waals surface area contributed by atoms with Crippen LogP contribution in [0.1, 0.15) is 10.4 Å². The first-order valence-electron chi connectivity index (χ1n) is 9.08. The maximum Gasteiger partial charge on any atom is 0.344 e. The lowest BCUT2D eigenvalue weighted by molar-refractivity contribution is 0.0727. The summed E-state index contributed by atoms with van der Waals surface area (Å²) in [5.41, 5.74) is 2.34. The van der Waals surface area contributed by atoms with Crippen LogP contribution in [-0.4, -0.2) is 24.2 Å². The molecule has 0 aliphatic rings. The molecule has 4 aromatic rings. The van der Waals surface area contributed by atoms with Crippen LogP contribution >= 0.6 is 11.6 Å². The van der Waals surface area contributed by atoms with Gasteiger partial charge in [0, 0.05) is 16.7 Å². The maximum atomic E-state index is 12.4. The molecule has 3 aromatic carbocycles. The molecule has 0 aliphatic heterocycles. The van der Waals surface area contributed by atoms with E-state index in [1.54, 1.807) is 77.5 Å². The van der Waals surface area contributed by atoms with Crippen molar-refractivity contribution in [3.05, 3.63) is 95.5 Å². The minimum absolute atomic E-state index is 0.0211. The fourth-order valence-electron chi connectivity index (χ4n) is 2.94. The molecule has 2 N–H and O–H groups in total. The zero-order valence-electron chi connectivity index (χ0n) is 16.0. The average Bonchev–Trinajstić information content (AvgIpc) is 3.18. The van der Waals surface area contributed by atoms with E-state index in [-0.39, 0.29) is 10.8 Å². The van der Waals surface area contributed by atoms with Gasteiger partial charge in [-0.25, -0.2) is 23.0 Å². The topological polar surface area (TPSA) is 104 Å². The quantitative estimate of drug-likeness (QED) is 0.459. The molecule has 0 saturated carbocycles. The van der Waals surface area contributed by atoms with E-state index in [0.717, 1.165) is 5.56 Å². The summed E-state index contributed by atoms with van der Waals surface area (Å²) >= 11 is 6.00. The highest BCUT2D eigenvalue weighted by Crippen LogP contribution is 2.29. The molecular formula is C22H16ClN3O4S. The number of ether oxygens (including phenoxy) is 1. The summed E-state index contributed by atoms with van der Waals surface area (Å²) < 4.78 is 30.1. The second-order valence-corrected chi connectivity index (χ2v) is 8.58. The summed E-state index contributed by atoms with van der Waals surface area (Å²) in [6, 6.07) is 23.1. The number of carbonyl (C=O) groups excluding carboxylic acids is 1. The van der Waals surface area contributed by atoms with E-state index in [1.807, 2.05) is 0 Å². The number of carbonyl (C=O) groups is 1. The summed E-state index contributed by atoms with van der Waals surface area (Å²) in [7, 11) is -3.82. The van der Waals surface area contributed by atoms with E-state index in [9.17, 15) is 13.2 Å². The summed E-state index contributed by atoms with van der Waals surface area (Å²) in [5.74, 6) is -0.452. The molecule has 31 heavy (non-hydrogen) atoms. The van der Waals surface area contributed by atoms with Gasteiger partial charge in [-0.2, -0.15) is 0 Å². The van der Waals surface area contributed by atoms with Crippen molar-refractivity contribution in [1.82, 2.24) is 9.78 Å². The van der Waals surface area contributed by atoms with Crippen molar-refractivity contribution in [3.63, 3.8) is 0 Å². The maximum absolute atomic E-state index is 12.4. The first kappa shape index (κ1) is 20.8. The number of sulfonamides is 1. The minimum atomic E-state index is -3.82. The van der Waals surface area contributed by atoms with Gasteiger partial charge in [-0.05, 0) is 48.5 Å². The molecule has 0 bridgehead atoms. The van der Waals surface area contributed by atoms with Crippen LogP contribution in [-0.2, 0) is 10.0 Å². The molecule has 0 unspecified atom stereocenters. The Labute approximate surface area is 183 Å². The number of halogens is 1. The number of nitrogens with two attached hydrogens (primary N) is 1. The van der Waals surface area contributed by atoms with Gasteiger partial charge in [0.15, 0.2) is 0 Å². The third-order valence-corrected chi connectivity index (χ3v) is 5.62. The first-order valence-corrected chi connectivity index (χ1v) is 11.0. The number of hydrogen-bond acceptors (Lipinski definition) is 5. The number of rotatable bonds is 5. The summed E-state index contributed by atoms with van der Waals surface area (Å²) in [4.78, 5) is 12.4. The first-order chi connectivity index (χ1) is 14.8. The average molecular weight is 454 g/mol. The normalized spacial score (nSPS) is 11.3. The number of primary sulfonamides is 1. The molecule has 156 valence electrons. The lowest BCUT2D eigenvalue weighted by Gasteiger charge is -2.08. The second-order valence-electron chi connectivity index (χ2n) is 6.58. The van der Waals surface area contributed by atoms with Crippen LogP contribution in [0.3, 0.4) is 0 Å². The predicted molar refractivity (Wildman–Crippen MR) is 117 cm³/mol. The van der Waals surface area contributed by atoms with Crippen molar-refractivity contribution in [1.29, 1.82) is 0 Å². The van der Waals surface area contributed by atoms with Crippen molar-refractivity contribution >= 4 is 27.6 Å². The molecule has 4 rings (SSSR count). The highest BCUT2D eigenvalue weighted by molar-refractivity contribution is 7.89. The van der Waals surface area contributed by atoms with Gasteiger partial charge in [0.1, 0.15) is 0 Å². The van der Waals surface area contributed by atoms with Gasteiger partial charge >= 0.3 is 5.97 Å². The van der Waals surface area contributed by atoms with E-state index in [0.29, 0.717) is 22.0 Å². The zero-order chi connectivity index (χ0) is 22.0. The second kappa shape index (κ2) is 8.35. The van der Waals surface area contributed by atoms with Crippen LogP contribution < -0.4 is 9.88 Å². The molecule has 9 heteroatoms. The smallest absolute Gasteiger partial charge is 0.344 e. The van der Waals surface area contributed by atoms with Crippen LogP contribution in [0, 0.1) is 0 Å². The van der Waals surface area contributed by atoms with E-state index in [4.69, 9.17) is 21.5 Å². The number of esters is 1. The Morgan fingerprint density at radius 3 is 2.19 bits per heavy atom. The molecule has 1 heterocycles. The van der Waals surface area contributed by atoms with Crippen molar-refractivity contribution in [2.45, 2.75) is 4.90 Å². The molecule has 1 aromatic heterocycles. The van der Waals surface area contributed by atoms with Crippen LogP contribution in [0.5, 0.6) is 5.88 Å². The van der Waals surface area contributed by atoms with Crippen LogP contribution in [0.4, 0.5) is 0 Å². The Kier molecular flexibility index (Phi) is 5.60. The standard InChI is InChI=1S/C22H16ClN3O4S/c23-17-8-6-15(7-9-17)20-14-21(30-22(27)16-4-2-1-3-5-16)25-26(20)18-10-12-19(13-11-18)31(24,28)29/h1-14H,(H2,24,28,29). The number of nitrogens with zero attached hydrogens (tertiary/aromatic N) is 2. The van der Waals surface area contributed by atoms with Gasteiger partial charge < -0.3 is 4.74 Å². The van der Waals surface area contributed by atoms with Crippen molar-refractivity contribution in [3.8, 4) is 22.8 Å². The van der Waals surface area contributed by atoms with Crippen molar-refractivity contribution < 1.29 is 17.9 Å². The van der Waals surface area contributed by atoms with E-state index >= 15 is 0 Å². The monoisotopic (exact) mass is 453 g/mol. The van der Waals surface area contributed by atoms with Gasteiger partial charge in [0.2, 0.25) is 15.9 Å². The molecule has 0 aliphatic carbocycles. The fourth-order valence-corrected chi connectivity index (χ4v) is 3.58. The Balaban J connectivity index is 1.75. The molecule has 0 saturated heterocycles. The Bertz CT molecular complexity index is 1330. The molecule has 0 radical (unpaired) electrons. The Morgan fingerprint density at radius 2 is 1.58 bits per heavy atom. The molecule has 0 amide bonds. The van der Waals surface area contributed by atoms with E-state index in [1.165, 1.54) is 12.1 Å². The van der Waals surface area contributed by atoms with Crippen LogP contribution in [0.15, 0.2) is 89.8 Å². The van der Waals surface area contributed by atoms with Gasteiger partial charge in [0.25, 0.3) is 0 Å². The van der Waals surface area contributed by atoms with Gasteiger partial charge in [-0.3, -0.25) is 0 Å². The largest absolute Gasteiger partial charge is 0.402 e. The van der Waals surface area contributed by atoms with Crippen LogP contribution in [0.2, 0.25) is 5.02 Å². The van der Waals surface area contributed by atoms with Crippen molar-refractivity contribution in [2.24, 2.45) is 5.14 Å². The fraction of sp³-hybridized carbons (Fsp3) is 0. The Hall–Kier alpha value is -3.46. The lowest BCUT2D eigenvalue weighted by atomic mass is 10.1. The molecule has 0 spiro atoms. The molecule has 7 nitrogen and oxygen atoms in total. The van der Waals surface area contributed by atoms with Gasteiger partial charge in [0.05, 0.1) is 21.8 Å². The number of benzene rings is 3. The molecule has 0 atom stereocenters. The Morgan fingerprint density at radius 1 is 0.935 bits per heavy atom. The third kappa shape index (κ3) is 4.66. The van der Waals surface area contributed by atoms with Gasteiger partial charge in [-0.1, -0.05) is 41.9 Å². The molecule has 0 fully saturated rings. The lowest BCUT2D eigenvalue weighted by Crippen LogP contribution is -2.12. The summed E-state index contributed by atoms with van der Waals surface area (Å²) in [6.07, 6.45) is 0. The van der Waals surface area contributed by atoms with E-state index in [2.05, 4.69) is 5.10 Å². The highest BCUT2D eigenvalue weighted by atomic mass is 35.5.